The van der Waals surface area contributed by atoms with Gasteiger partial charge in [-0.25, -0.2) is 0 Å². The molecule has 0 aromatic carbocycles. The van der Waals surface area contributed by atoms with Gasteiger partial charge >= 0.3 is 0 Å². The van der Waals surface area contributed by atoms with Crippen molar-refractivity contribution in [1.82, 2.24) is 4.90 Å². The van der Waals surface area contributed by atoms with Crippen molar-refractivity contribution in [2.45, 2.75) is 32.2 Å². The summed E-state index contributed by atoms with van der Waals surface area (Å²) in [6.45, 7) is 5.83. The number of rotatable bonds is 3. The van der Waals surface area contributed by atoms with E-state index >= 15 is 0 Å². The Morgan fingerprint density at radius 1 is 1.40 bits per heavy atom. The second kappa shape index (κ2) is 4.81. The van der Waals surface area contributed by atoms with Gasteiger partial charge in [-0.1, -0.05) is 13.3 Å². The molecule has 15 heavy (non-hydrogen) atoms. The highest BCUT2D eigenvalue weighted by atomic mass is 16.3. The fourth-order valence-electron chi connectivity index (χ4n) is 3.26. The van der Waals surface area contributed by atoms with Crippen LogP contribution in [0.2, 0.25) is 0 Å². The summed E-state index contributed by atoms with van der Waals surface area (Å²) in [5, 5.41) is 9.05. The molecule has 2 aliphatic rings. The van der Waals surface area contributed by atoms with Crippen LogP contribution in [0.25, 0.3) is 0 Å². The van der Waals surface area contributed by atoms with Crippen molar-refractivity contribution in [3.63, 3.8) is 0 Å². The molecule has 1 saturated carbocycles. The highest BCUT2D eigenvalue weighted by molar-refractivity contribution is 4.93. The molecule has 0 radical (unpaired) electrons. The van der Waals surface area contributed by atoms with Crippen LogP contribution in [-0.2, 0) is 0 Å². The van der Waals surface area contributed by atoms with Crippen molar-refractivity contribution in [3.8, 4) is 0 Å². The summed E-state index contributed by atoms with van der Waals surface area (Å²) in [6, 6.07) is 0.429. The molecule has 1 aliphatic carbocycles. The molecule has 3 N–H and O–H groups in total. The van der Waals surface area contributed by atoms with E-state index < -0.39 is 0 Å². The van der Waals surface area contributed by atoms with Gasteiger partial charge in [0.05, 0.1) is 0 Å². The molecule has 1 saturated heterocycles. The Bertz CT molecular complexity index is 210. The van der Waals surface area contributed by atoms with Crippen molar-refractivity contribution in [3.05, 3.63) is 0 Å². The molecule has 0 aromatic heterocycles. The first-order valence-corrected chi connectivity index (χ1v) is 6.29. The van der Waals surface area contributed by atoms with Crippen molar-refractivity contribution in [2.24, 2.45) is 23.5 Å². The largest absolute Gasteiger partial charge is 0.396 e. The molecule has 1 aliphatic heterocycles. The zero-order valence-electron chi connectivity index (χ0n) is 9.73. The Labute approximate surface area is 92.6 Å². The molecular weight excluding hydrogens is 188 g/mol. The summed E-state index contributed by atoms with van der Waals surface area (Å²) in [7, 11) is 0. The zero-order valence-corrected chi connectivity index (χ0v) is 9.73. The highest BCUT2D eigenvalue weighted by Gasteiger charge is 2.38. The first kappa shape index (κ1) is 11.4. The number of hydrogen-bond donors (Lipinski definition) is 2. The van der Waals surface area contributed by atoms with Crippen molar-refractivity contribution in [2.75, 3.05) is 26.2 Å². The smallest absolute Gasteiger partial charge is 0.0468 e. The van der Waals surface area contributed by atoms with Crippen molar-refractivity contribution in [1.29, 1.82) is 0 Å². The van der Waals surface area contributed by atoms with Gasteiger partial charge in [-0.05, 0) is 30.6 Å². The maximum Gasteiger partial charge on any atom is 0.0468 e. The molecular formula is C12H24N2O. The molecule has 4 unspecified atom stereocenters. The fraction of sp³-hybridized carbons (Fsp3) is 1.00. The van der Waals surface area contributed by atoms with Gasteiger partial charge in [0.1, 0.15) is 0 Å². The number of hydrogen-bond acceptors (Lipinski definition) is 3. The summed E-state index contributed by atoms with van der Waals surface area (Å²) in [4.78, 5) is 2.50. The van der Waals surface area contributed by atoms with E-state index in [2.05, 4.69) is 11.8 Å². The fourth-order valence-corrected chi connectivity index (χ4v) is 3.26. The highest BCUT2D eigenvalue weighted by Crippen LogP contribution is 2.35. The van der Waals surface area contributed by atoms with Crippen LogP contribution in [0.5, 0.6) is 0 Å². The Morgan fingerprint density at radius 3 is 2.87 bits per heavy atom. The Balaban J connectivity index is 1.87. The lowest BCUT2D eigenvalue weighted by Gasteiger charge is -2.29. The Kier molecular flexibility index (Phi) is 3.65. The van der Waals surface area contributed by atoms with Gasteiger partial charge in [0.2, 0.25) is 0 Å². The van der Waals surface area contributed by atoms with Gasteiger partial charge < -0.3 is 15.7 Å². The van der Waals surface area contributed by atoms with Gasteiger partial charge in [0.15, 0.2) is 0 Å². The molecule has 0 bridgehead atoms. The molecule has 0 amide bonds. The number of aliphatic hydroxyl groups is 1. The molecule has 4 atom stereocenters. The van der Waals surface area contributed by atoms with E-state index in [-0.39, 0.29) is 0 Å². The van der Waals surface area contributed by atoms with Crippen LogP contribution in [0, 0.1) is 17.8 Å². The predicted octanol–water partition coefficient (Wildman–Crippen LogP) is 0.674. The van der Waals surface area contributed by atoms with E-state index in [0.29, 0.717) is 18.6 Å². The lowest BCUT2D eigenvalue weighted by atomic mass is 9.78. The average Bonchev–Trinajstić information content (AvgIpc) is 2.62. The van der Waals surface area contributed by atoms with Gasteiger partial charge in [-0.15, -0.1) is 0 Å². The van der Waals surface area contributed by atoms with Gasteiger partial charge in [0, 0.05) is 32.3 Å². The first-order valence-electron chi connectivity index (χ1n) is 6.29. The Hall–Kier alpha value is -0.120. The molecule has 3 nitrogen and oxygen atoms in total. The average molecular weight is 212 g/mol. The molecule has 0 aromatic rings. The number of fused-ring (bicyclic) bond motifs is 1. The van der Waals surface area contributed by atoms with Gasteiger partial charge in [-0.3, -0.25) is 0 Å². The summed E-state index contributed by atoms with van der Waals surface area (Å²) in [6.07, 6.45) is 3.89. The molecule has 1 heterocycles. The number of nitrogens with two attached hydrogens (primary N) is 1. The third-order valence-corrected chi connectivity index (χ3v) is 4.11. The lowest BCUT2D eigenvalue weighted by Crippen LogP contribution is -2.38. The number of aliphatic hydroxyl groups excluding tert-OH is 1. The molecule has 3 heteroatoms. The first-order chi connectivity index (χ1) is 7.20. The van der Waals surface area contributed by atoms with E-state index in [1.807, 2.05) is 0 Å². The molecule has 88 valence electrons. The van der Waals surface area contributed by atoms with Crippen LogP contribution in [-0.4, -0.2) is 42.3 Å². The normalized spacial score (nSPS) is 39.0. The van der Waals surface area contributed by atoms with Crippen LogP contribution in [0.15, 0.2) is 0 Å². The van der Waals surface area contributed by atoms with E-state index in [0.717, 1.165) is 24.9 Å². The van der Waals surface area contributed by atoms with Crippen LogP contribution >= 0.6 is 0 Å². The third kappa shape index (κ3) is 2.52. The minimum absolute atomic E-state index is 0.303. The van der Waals surface area contributed by atoms with Crippen LogP contribution in [0.3, 0.4) is 0 Å². The van der Waals surface area contributed by atoms with Gasteiger partial charge in [0.25, 0.3) is 0 Å². The van der Waals surface area contributed by atoms with Gasteiger partial charge in [-0.2, -0.15) is 0 Å². The van der Waals surface area contributed by atoms with Crippen LogP contribution in [0.1, 0.15) is 26.2 Å². The van der Waals surface area contributed by atoms with E-state index in [4.69, 9.17) is 10.8 Å². The van der Waals surface area contributed by atoms with Crippen LogP contribution < -0.4 is 5.73 Å². The zero-order chi connectivity index (χ0) is 10.8. The van der Waals surface area contributed by atoms with Crippen LogP contribution in [0.4, 0.5) is 0 Å². The number of likely N-dealkylation sites (tertiary alicyclic amines) is 1. The van der Waals surface area contributed by atoms with E-state index in [1.54, 1.807) is 0 Å². The lowest BCUT2D eigenvalue weighted by molar-refractivity contribution is 0.186. The topological polar surface area (TPSA) is 49.5 Å². The summed E-state index contributed by atoms with van der Waals surface area (Å²) < 4.78 is 0. The summed E-state index contributed by atoms with van der Waals surface area (Å²) in [5.41, 5.74) is 6.17. The maximum atomic E-state index is 9.05. The second-order valence-corrected chi connectivity index (χ2v) is 5.52. The maximum absolute atomic E-state index is 9.05. The predicted molar refractivity (Wildman–Crippen MR) is 61.5 cm³/mol. The van der Waals surface area contributed by atoms with Crippen molar-refractivity contribution < 1.29 is 5.11 Å². The van der Waals surface area contributed by atoms with Crippen molar-refractivity contribution >= 4 is 0 Å². The molecule has 0 spiro atoms. The minimum Gasteiger partial charge on any atom is -0.396 e. The summed E-state index contributed by atoms with van der Waals surface area (Å²) >= 11 is 0. The molecule has 2 rings (SSSR count). The minimum atomic E-state index is 0.303. The quantitative estimate of drug-likeness (QED) is 0.723. The molecule has 2 fully saturated rings. The van der Waals surface area contributed by atoms with E-state index in [9.17, 15) is 0 Å². The monoisotopic (exact) mass is 212 g/mol. The second-order valence-electron chi connectivity index (χ2n) is 5.52. The number of nitrogens with zero attached hydrogens (tertiary/aromatic N) is 1. The third-order valence-electron chi connectivity index (χ3n) is 4.11. The van der Waals surface area contributed by atoms with E-state index in [1.165, 1.54) is 25.8 Å². The SMILES string of the molecule is CC(CO)CN1CC2CCCC(N)C2C1. The Morgan fingerprint density at radius 2 is 2.20 bits per heavy atom. The standard InChI is InChI=1S/C12H24N2O/c1-9(8-15)5-14-6-10-3-2-4-12(13)11(10)7-14/h9-12,15H,2-8,13H2,1H3. The summed E-state index contributed by atoms with van der Waals surface area (Å²) in [5.74, 6) is 1.96.